The monoisotopic (exact) mass is 253 g/mol. The molecule has 0 saturated heterocycles. The second-order valence-electron chi connectivity index (χ2n) is 3.35. The molecule has 1 heterocycles. The zero-order valence-corrected chi connectivity index (χ0v) is 10.0. The molecule has 1 aromatic carbocycles. The van der Waals surface area contributed by atoms with Gasteiger partial charge in [0.1, 0.15) is 11.5 Å². The number of nitrogens with two attached hydrogens (primary N) is 1. The largest absolute Gasteiger partial charge is 0.382 e. The van der Waals surface area contributed by atoms with Crippen molar-refractivity contribution in [2.24, 2.45) is 0 Å². The Balaban J connectivity index is 2.63. The van der Waals surface area contributed by atoms with Crippen molar-refractivity contribution >= 4 is 29.0 Å². The van der Waals surface area contributed by atoms with Crippen molar-refractivity contribution in [3.8, 4) is 11.3 Å². The highest BCUT2D eigenvalue weighted by Gasteiger charge is 2.11. The molecular weight excluding hydrogens is 245 g/mol. The van der Waals surface area contributed by atoms with Gasteiger partial charge in [0.05, 0.1) is 15.7 Å². The molecule has 2 aromatic rings. The van der Waals surface area contributed by atoms with Gasteiger partial charge in [-0.1, -0.05) is 35.3 Å². The summed E-state index contributed by atoms with van der Waals surface area (Å²) in [4.78, 5) is 8.35. The molecule has 0 radical (unpaired) electrons. The van der Waals surface area contributed by atoms with Gasteiger partial charge in [-0.3, -0.25) is 4.98 Å². The van der Waals surface area contributed by atoms with Gasteiger partial charge in [-0.05, 0) is 13.0 Å². The van der Waals surface area contributed by atoms with E-state index in [1.54, 1.807) is 18.3 Å². The fourth-order valence-electron chi connectivity index (χ4n) is 1.39. The number of rotatable bonds is 1. The molecule has 0 atom stereocenters. The average Bonchev–Trinajstić information content (AvgIpc) is 2.23. The van der Waals surface area contributed by atoms with Crippen LogP contribution in [0.1, 0.15) is 5.69 Å². The third-order valence-corrected chi connectivity index (χ3v) is 2.95. The molecule has 2 rings (SSSR count). The number of aromatic nitrogens is 2. The zero-order chi connectivity index (χ0) is 11.7. The quantitative estimate of drug-likeness (QED) is 0.849. The lowest BCUT2D eigenvalue weighted by atomic mass is 10.1. The maximum atomic E-state index is 6.08. The standard InChI is InChI=1S/C11H9Cl2N3/c1-6-5-15-10(11(14)16-6)7-3-2-4-8(12)9(7)13/h2-5H,1H3,(H2,14,16). The molecule has 0 aliphatic rings. The minimum atomic E-state index is 0.351. The molecule has 3 nitrogen and oxygen atoms in total. The minimum absolute atomic E-state index is 0.351. The summed E-state index contributed by atoms with van der Waals surface area (Å²) in [5, 5.41) is 0.912. The van der Waals surface area contributed by atoms with Gasteiger partial charge in [0.15, 0.2) is 0 Å². The number of anilines is 1. The Morgan fingerprint density at radius 2 is 2.00 bits per heavy atom. The molecule has 0 saturated carbocycles. The van der Waals surface area contributed by atoms with Crippen LogP contribution in [0.4, 0.5) is 5.82 Å². The minimum Gasteiger partial charge on any atom is -0.382 e. The molecule has 0 spiro atoms. The third-order valence-electron chi connectivity index (χ3n) is 2.13. The Kier molecular flexibility index (Phi) is 2.99. The molecule has 0 amide bonds. The van der Waals surface area contributed by atoms with Crippen LogP contribution in [-0.4, -0.2) is 9.97 Å². The van der Waals surface area contributed by atoms with Crippen molar-refractivity contribution < 1.29 is 0 Å². The highest BCUT2D eigenvalue weighted by atomic mass is 35.5. The first-order valence-electron chi connectivity index (χ1n) is 4.63. The third kappa shape index (κ3) is 1.96. The molecule has 0 fully saturated rings. The van der Waals surface area contributed by atoms with E-state index < -0.39 is 0 Å². The molecule has 0 aliphatic heterocycles. The van der Waals surface area contributed by atoms with Crippen LogP contribution in [0.3, 0.4) is 0 Å². The smallest absolute Gasteiger partial charge is 0.150 e. The van der Waals surface area contributed by atoms with E-state index in [1.807, 2.05) is 13.0 Å². The molecular formula is C11H9Cl2N3. The van der Waals surface area contributed by atoms with E-state index in [-0.39, 0.29) is 0 Å². The highest BCUT2D eigenvalue weighted by Crippen LogP contribution is 2.34. The number of hydrogen-bond donors (Lipinski definition) is 1. The van der Waals surface area contributed by atoms with Crippen molar-refractivity contribution in [3.63, 3.8) is 0 Å². The summed E-state index contributed by atoms with van der Waals surface area (Å²) in [6.07, 6.45) is 1.64. The molecule has 1 aromatic heterocycles. The summed E-state index contributed by atoms with van der Waals surface area (Å²) in [5.41, 5.74) is 7.81. The summed E-state index contributed by atoms with van der Waals surface area (Å²) >= 11 is 12.0. The normalized spacial score (nSPS) is 10.4. The van der Waals surface area contributed by atoms with Gasteiger partial charge >= 0.3 is 0 Å². The first-order chi connectivity index (χ1) is 7.59. The van der Waals surface area contributed by atoms with E-state index in [0.717, 1.165) is 5.69 Å². The summed E-state index contributed by atoms with van der Waals surface area (Å²) < 4.78 is 0. The Morgan fingerprint density at radius 1 is 1.25 bits per heavy atom. The SMILES string of the molecule is Cc1cnc(-c2cccc(Cl)c2Cl)c(N)n1. The van der Waals surface area contributed by atoms with Crippen LogP contribution in [-0.2, 0) is 0 Å². The number of nitrogens with zero attached hydrogens (tertiary/aromatic N) is 2. The highest BCUT2D eigenvalue weighted by molar-refractivity contribution is 6.43. The van der Waals surface area contributed by atoms with Gasteiger partial charge in [-0.15, -0.1) is 0 Å². The van der Waals surface area contributed by atoms with E-state index in [9.17, 15) is 0 Å². The van der Waals surface area contributed by atoms with Crippen LogP contribution in [0.15, 0.2) is 24.4 Å². The number of halogens is 2. The Hall–Kier alpha value is -1.32. The molecule has 0 bridgehead atoms. The fourth-order valence-corrected chi connectivity index (χ4v) is 1.78. The molecule has 5 heteroatoms. The second-order valence-corrected chi connectivity index (χ2v) is 4.13. The van der Waals surface area contributed by atoms with Crippen LogP contribution in [0.2, 0.25) is 10.0 Å². The van der Waals surface area contributed by atoms with E-state index >= 15 is 0 Å². The number of nitrogen functional groups attached to an aromatic ring is 1. The van der Waals surface area contributed by atoms with Crippen LogP contribution in [0.5, 0.6) is 0 Å². The predicted molar refractivity (Wildman–Crippen MR) is 66.6 cm³/mol. The van der Waals surface area contributed by atoms with Crippen molar-refractivity contribution in [1.82, 2.24) is 9.97 Å². The van der Waals surface area contributed by atoms with Gasteiger partial charge in [0.25, 0.3) is 0 Å². The first kappa shape index (κ1) is 11.2. The van der Waals surface area contributed by atoms with Crippen LogP contribution >= 0.6 is 23.2 Å². The number of hydrogen-bond acceptors (Lipinski definition) is 3. The molecule has 2 N–H and O–H groups in total. The van der Waals surface area contributed by atoms with E-state index in [0.29, 0.717) is 27.1 Å². The van der Waals surface area contributed by atoms with Crippen molar-refractivity contribution in [2.45, 2.75) is 6.92 Å². The lowest BCUT2D eigenvalue weighted by Gasteiger charge is -2.07. The maximum Gasteiger partial charge on any atom is 0.150 e. The number of benzene rings is 1. The van der Waals surface area contributed by atoms with Crippen molar-refractivity contribution in [3.05, 3.63) is 40.1 Å². The van der Waals surface area contributed by atoms with Crippen LogP contribution in [0.25, 0.3) is 11.3 Å². The summed E-state index contributed by atoms with van der Waals surface area (Å²) in [6.45, 7) is 1.83. The maximum absolute atomic E-state index is 6.08. The molecule has 16 heavy (non-hydrogen) atoms. The van der Waals surface area contributed by atoms with E-state index in [1.165, 1.54) is 0 Å². The van der Waals surface area contributed by atoms with Gasteiger partial charge in [-0.2, -0.15) is 0 Å². The summed E-state index contributed by atoms with van der Waals surface area (Å²) in [7, 11) is 0. The van der Waals surface area contributed by atoms with Crippen molar-refractivity contribution in [1.29, 1.82) is 0 Å². The average molecular weight is 254 g/mol. The van der Waals surface area contributed by atoms with E-state index in [4.69, 9.17) is 28.9 Å². The summed E-state index contributed by atoms with van der Waals surface area (Å²) in [6, 6.07) is 5.32. The van der Waals surface area contributed by atoms with E-state index in [2.05, 4.69) is 9.97 Å². The van der Waals surface area contributed by atoms with Gasteiger partial charge < -0.3 is 5.73 Å². The van der Waals surface area contributed by atoms with Gasteiger partial charge in [-0.25, -0.2) is 4.98 Å². The van der Waals surface area contributed by atoms with Gasteiger partial charge in [0, 0.05) is 11.8 Å². The predicted octanol–water partition coefficient (Wildman–Crippen LogP) is 3.34. The van der Waals surface area contributed by atoms with Crippen LogP contribution in [0, 0.1) is 6.92 Å². The molecule has 82 valence electrons. The Labute approximate surface area is 103 Å². The molecule has 0 aliphatic carbocycles. The first-order valence-corrected chi connectivity index (χ1v) is 5.38. The lowest BCUT2D eigenvalue weighted by molar-refractivity contribution is 1.13. The lowest BCUT2D eigenvalue weighted by Crippen LogP contribution is -1.99. The summed E-state index contributed by atoms with van der Waals surface area (Å²) in [5.74, 6) is 0.351. The fraction of sp³-hybridized carbons (Fsp3) is 0.0909. The van der Waals surface area contributed by atoms with Crippen molar-refractivity contribution in [2.75, 3.05) is 5.73 Å². The molecule has 0 unspecified atom stereocenters. The second kappa shape index (κ2) is 4.28. The van der Waals surface area contributed by atoms with Gasteiger partial charge in [0.2, 0.25) is 0 Å². The Bertz CT molecular complexity index is 541. The van der Waals surface area contributed by atoms with Crippen LogP contribution < -0.4 is 5.73 Å². The topological polar surface area (TPSA) is 51.8 Å². The zero-order valence-electron chi connectivity index (χ0n) is 8.54. The number of aryl methyl sites for hydroxylation is 1. The Morgan fingerprint density at radius 3 is 2.69 bits per heavy atom.